The number of hydrogen-bond donors (Lipinski definition) is 1. The SMILES string of the molecule is CC(C)C(C)N(C)S(=O)(=O)c1cc(N)c(F)cc1F. The fraction of sp³-hybridized carbons (Fsp3) is 0.500. The van der Waals surface area contributed by atoms with E-state index < -0.39 is 32.2 Å². The van der Waals surface area contributed by atoms with E-state index in [2.05, 4.69) is 0 Å². The van der Waals surface area contributed by atoms with Gasteiger partial charge in [-0.15, -0.1) is 0 Å². The van der Waals surface area contributed by atoms with Gasteiger partial charge in [0.05, 0.1) is 5.69 Å². The number of sulfonamides is 1. The van der Waals surface area contributed by atoms with Crippen molar-refractivity contribution in [2.24, 2.45) is 5.92 Å². The maximum atomic E-state index is 13.6. The van der Waals surface area contributed by atoms with Crippen LogP contribution in [-0.2, 0) is 10.0 Å². The molecule has 19 heavy (non-hydrogen) atoms. The second-order valence-corrected chi connectivity index (χ2v) is 6.78. The van der Waals surface area contributed by atoms with Crippen molar-refractivity contribution in [2.45, 2.75) is 31.7 Å². The quantitative estimate of drug-likeness (QED) is 0.865. The summed E-state index contributed by atoms with van der Waals surface area (Å²) in [5.74, 6) is -2.06. The van der Waals surface area contributed by atoms with Crippen LogP contribution in [0.25, 0.3) is 0 Å². The molecule has 0 aliphatic carbocycles. The highest BCUT2D eigenvalue weighted by molar-refractivity contribution is 7.89. The van der Waals surface area contributed by atoms with Crippen LogP contribution >= 0.6 is 0 Å². The molecule has 7 heteroatoms. The predicted octanol–water partition coefficient (Wildman–Crippen LogP) is 2.21. The normalized spacial score (nSPS) is 14.1. The lowest BCUT2D eigenvalue weighted by Crippen LogP contribution is -2.38. The molecule has 0 spiro atoms. The molecule has 108 valence electrons. The molecule has 0 aromatic heterocycles. The molecule has 1 aromatic carbocycles. The number of halogens is 2. The Balaban J connectivity index is 3.32. The molecule has 2 N–H and O–H groups in total. The Morgan fingerprint density at radius 3 is 2.16 bits per heavy atom. The van der Waals surface area contributed by atoms with Crippen LogP contribution in [0.1, 0.15) is 20.8 Å². The summed E-state index contributed by atoms with van der Waals surface area (Å²) in [6, 6.07) is 0.968. The van der Waals surface area contributed by atoms with E-state index >= 15 is 0 Å². The zero-order valence-corrected chi connectivity index (χ0v) is 12.1. The molecule has 0 amide bonds. The predicted molar refractivity (Wildman–Crippen MR) is 70.0 cm³/mol. The van der Waals surface area contributed by atoms with Crippen molar-refractivity contribution < 1.29 is 17.2 Å². The largest absolute Gasteiger partial charge is 0.396 e. The minimum Gasteiger partial charge on any atom is -0.396 e. The van der Waals surface area contributed by atoms with E-state index in [0.29, 0.717) is 6.07 Å². The fourth-order valence-corrected chi connectivity index (χ4v) is 3.11. The van der Waals surface area contributed by atoms with Gasteiger partial charge in [0.15, 0.2) is 0 Å². The van der Waals surface area contributed by atoms with Gasteiger partial charge in [0.25, 0.3) is 0 Å². The molecule has 1 atom stereocenters. The summed E-state index contributed by atoms with van der Waals surface area (Å²) in [5, 5.41) is 0. The van der Waals surface area contributed by atoms with Gasteiger partial charge >= 0.3 is 0 Å². The van der Waals surface area contributed by atoms with Crippen molar-refractivity contribution in [2.75, 3.05) is 12.8 Å². The lowest BCUT2D eigenvalue weighted by molar-refractivity contribution is 0.314. The lowest BCUT2D eigenvalue weighted by Gasteiger charge is -2.27. The van der Waals surface area contributed by atoms with Crippen molar-refractivity contribution in [1.82, 2.24) is 4.31 Å². The minimum absolute atomic E-state index is 0.0561. The monoisotopic (exact) mass is 292 g/mol. The van der Waals surface area contributed by atoms with Gasteiger partial charge in [0.2, 0.25) is 10.0 Å². The number of anilines is 1. The number of rotatable bonds is 4. The van der Waals surface area contributed by atoms with E-state index in [9.17, 15) is 17.2 Å². The van der Waals surface area contributed by atoms with Crippen LogP contribution in [0.2, 0.25) is 0 Å². The van der Waals surface area contributed by atoms with Crippen LogP contribution in [0.3, 0.4) is 0 Å². The van der Waals surface area contributed by atoms with Gasteiger partial charge in [-0.05, 0) is 18.9 Å². The van der Waals surface area contributed by atoms with Gasteiger partial charge in [0, 0.05) is 19.2 Å². The first kappa shape index (κ1) is 15.8. The van der Waals surface area contributed by atoms with E-state index in [0.717, 1.165) is 10.4 Å². The molecule has 0 bridgehead atoms. The molecule has 0 radical (unpaired) electrons. The first-order valence-electron chi connectivity index (χ1n) is 5.81. The van der Waals surface area contributed by atoms with Crippen molar-refractivity contribution in [1.29, 1.82) is 0 Å². The van der Waals surface area contributed by atoms with E-state index in [1.165, 1.54) is 7.05 Å². The third kappa shape index (κ3) is 3.03. The minimum atomic E-state index is -4.04. The highest BCUT2D eigenvalue weighted by Gasteiger charge is 2.30. The van der Waals surface area contributed by atoms with Crippen LogP contribution in [0.15, 0.2) is 17.0 Å². The van der Waals surface area contributed by atoms with Crippen molar-refractivity contribution >= 4 is 15.7 Å². The van der Waals surface area contributed by atoms with Crippen LogP contribution < -0.4 is 5.73 Å². The Hall–Kier alpha value is -1.21. The second-order valence-electron chi connectivity index (χ2n) is 4.81. The summed E-state index contributed by atoms with van der Waals surface area (Å²) in [6.45, 7) is 5.42. The van der Waals surface area contributed by atoms with Gasteiger partial charge in [-0.2, -0.15) is 4.31 Å². The Kier molecular flexibility index (Phi) is 4.52. The van der Waals surface area contributed by atoms with Gasteiger partial charge in [-0.25, -0.2) is 17.2 Å². The highest BCUT2D eigenvalue weighted by atomic mass is 32.2. The van der Waals surface area contributed by atoms with Crippen LogP contribution in [-0.4, -0.2) is 25.8 Å². The molecule has 1 aromatic rings. The first-order valence-corrected chi connectivity index (χ1v) is 7.25. The van der Waals surface area contributed by atoms with Crippen LogP contribution in [0.4, 0.5) is 14.5 Å². The Labute approximate surface area is 112 Å². The third-order valence-corrected chi connectivity index (χ3v) is 5.21. The van der Waals surface area contributed by atoms with Crippen molar-refractivity contribution in [3.8, 4) is 0 Å². The molecule has 0 fully saturated rings. The second kappa shape index (κ2) is 5.42. The van der Waals surface area contributed by atoms with Crippen LogP contribution in [0.5, 0.6) is 0 Å². The molecular weight excluding hydrogens is 274 g/mol. The summed E-state index contributed by atoms with van der Waals surface area (Å²) in [5.41, 5.74) is 4.90. The zero-order valence-electron chi connectivity index (χ0n) is 11.3. The Bertz CT molecular complexity index is 573. The van der Waals surface area contributed by atoms with Crippen LogP contribution in [0, 0.1) is 17.6 Å². The van der Waals surface area contributed by atoms with Crippen molar-refractivity contribution in [3.63, 3.8) is 0 Å². The third-order valence-electron chi connectivity index (χ3n) is 3.25. The fourth-order valence-electron chi connectivity index (χ4n) is 1.54. The average molecular weight is 292 g/mol. The molecular formula is C12H18F2N2O2S. The molecule has 0 aliphatic rings. The molecule has 0 saturated carbocycles. The Morgan fingerprint density at radius 1 is 1.16 bits per heavy atom. The van der Waals surface area contributed by atoms with E-state index in [1.54, 1.807) is 6.92 Å². The number of hydrogen-bond acceptors (Lipinski definition) is 3. The first-order chi connectivity index (χ1) is 8.59. The molecule has 0 heterocycles. The number of benzene rings is 1. The zero-order chi connectivity index (χ0) is 15.0. The summed E-state index contributed by atoms with van der Waals surface area (Å²) < 4.78 is 52.3. The smallest absolute Gasteiger partial charge is 0.246 e. The van der Waals surface area contributed by atoms with Gasteiger partial charge in [0.1, 0.15) is 16.5 Å². The van der Waals surface area contributed by atoms with E-state index in [4.69, 9.17) is 5.73 Å². The van der Waals surface area contributed by atoms with E-state index in [1.807, 2.05) is 13.8 Å². The number of nitrogens with two attached hydrogens (primary N) is 1. The summed E-state index contributed by atoms with van der Waals surface area (Å²) in [7, 11) is -2.68. The molecule has 1 unspecified atom stereocenters. The van der Waals surface area contributed by atoms with Gasteiger partial charge in [-0.3, -0.25) is 0 Å². The Morgan fingerprint density at radius 2 is 1.68 bits per heavy atom. The summed E-state index contributed by atoms with van der Waals surface area (Å²) in [6.07, 6.45) is 0. The average Bonchev–Trinajstić information content (AvgIpc) is 2.31. The van der Waals surface area contributed by atoms with Crippen molar-refractivity contribution in [3.05, 3.63) is 23.8 Å². The maximum absolute atomic E-state index is 13.6. The molecule has 4 nitrogen and oxygen atoms in total. The number of nitrogen functional groups attached to an aromatic ring is 1. The molecule has 1 rings (SSSR count). The molecule has 0 saturated heterocycles. The summed E-state index contributed by atoms with van der Waals surface area (Å²) >= 11 is 0. The molecule has 0 aliphatic heterocycles. The van der Waals surface area contributed by atoms with Gasteiger partial charge < -0.3 is 5.73 Å². The standard InChI is InChI=1S/C12H18F2N2O2S/c1-7(2)8(3)16(4)19(17,18)12-6-11(15)9(13)5-10(12)14/h5-8H,15H2,1-4H3. The van der Waals surface area contributed by atoms with Gasteiger partial charge in [-0.1, -0.05) is 13.8 Å². The topological polar surface area (TPSA) is 63.4 Å². The lowest BCUT2D eigenvalue weighted by atomic mass is 10.1. The van der Waals surface area contributed by atoms with E-state index in [-0.39, 0.29) is 12.0 Å². The number of nitrogens with zero attached hydrogens (tertiary/aromatic N) is 1. The summed E-state index contributed by atoms with van der Waals surface area (Å²) in [4.78, 5) is -0.610. The highest BCUT2D eigenvalue weighted by Crippen LogP contribution is 2.25. The maximum Gasteiger partial charge on any atom is 0.246 e.